The molecule has 0 spiro atoms. The first kappa shape index (κ1) is 14.8. The van der Waals surface area contributed by atoms with Gasteiger partial charge in [-0.15, -0.1) is 0 Å². The molecule has 0 aliphatic heterocycles. The Balaban J connectivity index is 1.75. The molecule has 110 valence electrons. The molecule has 0 heterocycles. The second-order valence-corrected chi connectivity index (χ2v) is 4.46. The summed E-state index contributed by atoms with van der Waals surface area (Å²) in [6, 6.07) is 15.3. The zero-order chi connectivity index (χ0) is 15.1. The van der Waals surface area contributed by atoms with E-state index < -0.39 is 11.0 Å². The molecule has 0 bridgehead atoms. The molecule has 2 rings (SSSR count). The van der Waals surface area contributed by atoms with E-state index in [4.69, 9.17) is 4.74 Å². The Labute approximate surface area is 122 Å². The van der Waals surface area contributed by atoms with Gasteiger partial charge in [-0.1, -0.05) is 18.2 Å². The standard InChI is InChI=1S/C15H16N2O4/c18-14(10-16-12-4-2-1-3-5-12)11-21-15-8-6-13(7-9-15)17(19)20/h1-9,14,16,18H,10-11H2. The van der Waals surface area contributed by atoms with Gasteiger partial charge in [0.15, 0.2) is 0 Å². The number of anilines is 1. The average Bonchev–Trinajstić information content (AvgIpc) is 2.52. The minimum Gasteiger partial charge on any atom is -0.491 e. The lowest BCUT2D eigenvalue weighted by Gasteiger charge is -2.14. The Morgan fingerprint density at radius 3 is 2.43 bits per heavy atom. The molecule has 21 heavy (non-hydrogen) atoms. The SMILES string of the molecule is O=[N+]([O-])c1ccc(OCC(O)CNc2ccccc2)cc1. The third-order valence-electron chi connectivity index (χ3n) is 2.81. The highest BCUT2D eigenvalue weighted by Crippen LogP contribution is 2.17. The highest BCUT2D eigenvalue weighted by atomic mass is 16.6. The summed E-state index contributed by atoms with van der Waals surface area (Å²) < 4.78 is 5.38. The number of nitrogens with zero attached hydrogens (tertiary/aromatic N) is 1. The number of nitrogens with one attached hydrogen (secondary N) is 1. The maximum Gasteiger partial charge on any atom is 0.269 e. The third-order valence-corrected chi connectivity index (χ3v) is 2.81. The van der Waals surface area contributed by atoms with E-state index in [1.807, 2.05) is 30.3 Å². The van der Waals surface area contributed by atoms with Gasteiger partial charge in [-0.05, 0) is 24.3 Å². The molecule has 1 unspecified atom stereocenters. The smallest absolute Gasteiger partial charge is 0.269 e. The lowest BCUT2D eigenvalue weighted by molar-refractivity contribution is -0.384. The summed E-state index contributed by atoms with van der Waals surface area (Å²) in [6.45, 7) is 0.467. The van der Waals surface area contributed by atoms with Crippen molar-refractivity contribution in [3.63, 3.8) is 0 Å². The molecule has 2 N–H and O–H groups in total. The number of aliphatic hydroxyl groups excluding tert-OH is 1. The van der Waals surface area contributed by atoms with Gasteiger partial charge >= 0.3 is 0 Å². The van der Waals surface area contributed by atoms with Gasteiger partial charge in [-0.3, -0.25) is 10.1 Å². The van der Waals surface area contributed by atoms with Gasteiger partial charge in [-0.2, -0.15) is 0 Å². The number of non-ortho nitro benzene ring substituents is 1. The van der Waals surface area contributed by atoms with E-state index in [1.54, 1.807) is 0 Å². The van der Waals surface area contributed by atoms with Crippen molar-refractivity contribution in [1.82, 2.24) is 0 Å². The van der Waals surface area contributed by atoms with Crippen LogP contribution in [-0.2, 0) is 0 Å². The Kier molecular flexibility index (Phi) is 5.11. The maximum absolute atomic E-state index is 10.5. The minimum absolute atomic E-state index is 0.00800. The lowest BCUT2D eigenvalue weighted by atomic mass is 10.3. The fourth-order valence-corrected chi connectivity index (χ4v) is 1.71. The van der Waals surface area contributed by atoms with Gasteiger partial charge in [0.2, 0.25) is 0 Å². The van der Waals surface area contributed by atoms with E-state index >= 15 is 0 Å². The Hall–Kier alpha value is -2.60. The van der Waals surface area contributed by atoms with E-state index in [1.165, 1.54) is 24.3 Å². The fourth-order valence-electron chi connectivity index (χ4n) is 1.71. The van der Waals surface area contributed by atoms with Crippen molar-refractivity contribution in [3.8, 4) is 5.75 Å². The Morgan fingerprint density at radius 2 is 1.81 bits per heavy atom. The molecule has 2 aromatic rings. The monoisotopic (exact) mass is 288 g/mol. The topological polar surface area (TPSA) is 84.6 Å². The predicted molar refractivity (Wildman–Crippen MR) is 79.5 cm³/mol. The van der Waals surface area contributed by atoms with Crippen LogP contribution in [0.5, 0.6) is 5.75 Å². The van der Waals surface area contributed by atoms with Crippen molar-refractivity contribution in [3.05, 3.63) is 64.7 Å². The van der Waals surface area contributed by atoms with Crippen molar-refractivity contribution in [2.45, 2.75) is 6.10 Å². The molecular formula is C15H16N2O4. The number of nitro groups is 1. The summed E-state index contributed by atoms with van der Waals surface area (Å²) in [6.07, 6.45) is -0.680. The van der Waals surface area contributed by atoms with Crippen molar-refractivity contribution in [1.29, 1.82) is 0 Å². The molecule has 0 aromatic heterocycles. The molecule has 0 saturated carbocycles. The van der Waals surface area contributed by atoms with E-state index in [9.17, 15) is 15.2 Å². The van der Waals surface area contributed by atoms with Crippen molar-refractivity contribution >= 4 is 11.4 Å². The van der Waals surface area contributed by atoms with Gasteiger partial charge in [-0.25, -0.2) is 0 Å². The first-order valence-corrected chi connectivity index (χ1v) is 6.49. The minimum atomic E-state index is -0.680. The summed E-state index contributed by atoms with van der Waals surface area (Å²) in [5.74, 6) is 0.486. The van der Waals surface area contributed by atoms with Crippen LogP contribution < -0.4 is 10.1 Å². The molecule has 6 nitrogen and oxygen atoms in total. The number of rotatable bonds is 7. The summed E-state index contributed by atoms with van der Waals surface area (Å²) in [4.78, 5) is 10.0. The van der Waals surface area contributed by atoms with Crippen molar-refractivity contribution < 1.29 is 14.8 Å². The molecule has 6 heteroatoms. The molecular weight excluding hydrogens is 272 g/mol. The van der Waals surface area contributed by atoms with Crippen LogP contribution in [0.2, 0.25) is 0 Å². The van der Waals surface area contributed by atoms with Gasteiger partial charge < -0.3 is 15.2 Å². The normalized spacial score (nSPS) is 11.7. The second kappa shape index (κ2) is 7.25. The Morgan fingerprint density at radius 1 is 1.14 bits per heavy atom. The van der Waals surface area contributed by atoms with Crippen LogP contribution in [0.1, 0.15) is 0 Å². The molecule has 0 amide bonds. The molecule has 0 saturated heterocycles. The molecule has 1 atom stereocenters. The van der Waals surface area contributed by atoms with Gasteiger partial charge in [0.25, 0.3) is 5.69 Å². The number of para-hydroxylation sites is 1. The highest BCUT2D eigenvalue weighted by Gasteiger charge is 2.07. The lowest BCUT2D eigenvalue weighted by Crippen LogP contribution is -2.26. The number of ether oxygens (including phenoxy) is 1. The van der Waals surface area contributed by atoms with Crippen LogP contribution in [0.3, 0.4) is 0 Å². The molecule has 0 aliphatic carbocycles. The molecule has 2 aromatic carbocycles. The largest absolute Gasteiger partial charge is 0.491 e. The van der Waals surface area contributed by atoms with Crippen LogP contribution in [0.25, 0.3) is 0 Å². The molecule has 0 radical (unpaired) electrons. The fraction of sp³-hybridized carbons (Fsp3) is 0.200. The van der Waals surface area contributed by atoms with Crippen LogP contribution >= 0.6 is 0 Å². The van der Waals surface area contributed by atoms with Crippen LogP contribution in [0, 0.1) is 10.1 Å². The van der Waals surface area contributed by atoms with Gasteiger partial charge in [0, 0.05) is 24.4 Å². The van der Waals surface area contributed by atoms with E-state index in [2.05, 4.69) is 5.32 Å². The predicted octanol–water partition coefficient (Wildman–Crippen LogP) is 2.45. The zero-order valence-corrected chi connectivity index (χ0v) is 11.3. The quantitative estimate of drug-likeness (QED) is 0.604. The number of aliphatic hydroxyl groups is 1. The van der Waals surface area contributed by atoms with Crippen LogP contribution in [0.4, 0.5) is 11.4 Å². The first-order valence-electron chi connectivity index (χ1n) is 6.49. The number of benzene rings is 2. The number of hydrogen-bond acceptors (Lipinski definition) is 5. The van der Waals surface area contributed by atoms with Crippen LogP contribution in [-0.4, -0.2) is 29.3 Å². The van der Waals surface area contributed by atoms with E-state index in [-0.39, 0.29) is 12.3 Å². The van der Waals surface area contributed by atoms with E-state index in [0.717, 1.165) is 5.69 Å². The highest BCUT2D eigenvalue weighted by molar-refractivity contribution is 5.42. The van der Waals surface area contributed by atoms with E-state index in [0.29, 0.717) is 12.3 Å². The summed E-state index contributed by atoms with van der Waals surface area (Å²) >= 11 is 0. The average molecular weight is 288 g/mol. The summed E-state index contributed by atoms with van der Waals surface area (Å²) in [5.41, 5.74) is 0.931. The third kappa shape index (κ3) is 4.77. The summed E-state index contributed by atoms with van der Waals surface area (Å²) in [5, 5.41) is 23.4. The Bertz CT molecular complexity index is 572. The maximum atomic E-state index is 10.5. The van der Waals surface area contributed by atoms with Gasteiger partial charge in [0.1, 0.15) is 18.5 Å². The van der Waals surface area contributed by atoms with Crippen molar-refractivity contribution in [2.24, 2.45) is 0 Å². The van der Waals surface area contributed by atoms with Crippen LogP contribution in [0.15, 0.2) is 54.6 Å². The first-order chi connectivity index (χ1) is 10.1. The summed E-state index contributed by atoms with van der Waals surface area (Å²) in [7, 11) is 0. The molecule has 0 fully saturated rings. The number of hydrogen-bond donors (Lipinski definition) is 2. The zero-order valence-electron chi connectivity index (χ0n) is 11.3. The number of nitro benzene ring substituents is 1. The van der Waals surface area contributed by atoms with Gasteiger partial charge in [0.05, 0.1) is 4.92 Å². The molecule has 0 aliphatic rings. The second-order valence-electron chi connectivity index (χ2n) is 4.46. The van der Waals surface area contributed by atoms with Crippen molar-refractivity contribution in [2.75, 3.05) is 18.5 Å².